The van der Waals surface area contributed by atoms with Crippen LogP contribution in [0.5, 0.6) is 0 Å². The molecule has 0 radical (unpaired) electrons. The number of nitrogens with zero attached hydrogens (tertiary/aromatic N) is 3. The van der Waals surface area contributed by atoms with E-state index in [0.29, 0.717) is 52.9 Å². The van der Waals surface area contributed by atoms with Gasteiger partial charge in [-0.1, -0.05) is 80.9 Å². The highest BCUT2D eigenvalue weighted by atomic mass is 32.2. The number of fused-ring (bicyclic) bond motifs is 1. The number of amides is 2. The molecule has 45 heavy (non-hydrogen) atoms. The lowest BCUT2D eigenvalue weighted by Gasteiger charge is -2.13. The van der Waals surface area contributed by atoms with Gasteiger partial charge in [0.25, 0.3) is 15.9 Å². The van der Waals surface area contributed by atoms with Crippen LogP contribution in [0.3, 0.4) is 0 Å². The first-order chi connectivity index (χ1) is 21.7. The number of benzene rings is 3. The van der Waals surface area contributed by atoms with Crippen LogP contribution >= 0.6 is 0 Å². The molecule has 0 unspecified atom stereocenters. The highest BCUT2D eigenvalue weighted by Gasteiger charge is 2.23. The third-order valence-electron chi connectivity index (χ3n) is 7.43. The van der Waals surface area contributed by atoms with Gasteiger partial charge in [-0.3, -0.25) is 4.79 Å². The van der Waals surface area contributed by atoms with Crippen molar-refractivity contribution in [1.29, 1.82) is 0 Å². The van der Waals surface area contributed by atoms with Crippen LogP contribution in [0.4, 0.5) is 10.5 Å². The maximum Gasteiger partial charge on any atom is 0.421 e. The van der Waals surface area contributed by atoms with E-state index in [0.717, 1.165) is 23.4 Å². The summed E-state index contributed by atoms with van der Waals surface area (Å²) in [5.74, 6) is 0.636. The first-order valence-corrected chi connectivity index (χ1v) is 16.3. The van der Waals surface area contributed by atoms with Gasteiger partial charge in [0.15, 0.2) is 5.65 Å². The summed E-state index contributed by atoms with van der Waals surface area (Å²) in [5, 5.41) is 2.95. The molecule has 10 nitrogen and oxygen atoms in total. The third-order valence-corrected chi connectivity index (χ3v) is 8.80. The van der Waals surface area contributed by atoms with Crippen LogP contribution in [-0.4, -0.2) is 41.6 Å². The monoisotopic (exact) mass is 625 g/mol. The van der Waals surface area contributed by atoms with Crippen LogP contribution in [0.25, 0.3) is 22.3 Å². The quantitative estimate of drug-likeness (QED) is 0.161. The minimum Gasteiger partial charge on any atom is -0.449 e. The number of sulfonamides is 1. The van der Waals surface area contributed by atoms with Crippen LogP contribution < -0.4 is 10.0 Å². The second kappa shape index (κ2) is 13.7. The molecule has 232 valence electrons. The molecule has 2 amide bonds. The van der Waals surface area contributed by atoms with E-state index in [2.05, 4.69) is 10.3 Å². The second-order valence-corrected chi connectivity index (χ2v) is 12.2. The van der Waals surface area contributed by atoms with Gasteiger partial charge in [0, 0.05) is 23.1 Å². The van der Waals surface area contributed by atoms with Crippen LogP contribution in [-0.2, 0) is 27.7 Å². The number of rotatable bonds is 11. The van der Waals surface area contributed by atoms with Gasteiger partial charge in [-0.25, -0.2) is 27.9 Å². The molecule has 0 fully saturated rings. The zero-order valence-electron chi connectivity index (χ0n) is 25.4. The Hall–Kier alpha value is -5.03. The summed E-state index contributed by atoms with van der Waals surface area (Å²) in [6, 6.07) is 23.1. The largest absolute Gasteiger partial charge is 0.449 e. The molecular weight excluding hydrogens is 590 g/mol. The van der Waals surface area contributed by atoms with E-state index in [1.165, 1.54) is 6.07 Å². The Morgan fingerprint density at radius 1 is 0.933 bits per heavy atom. The summed E-state index contributed by atoms with van der Waals surface area (Å²) in [4.78, 5) is 34.4. The summed E-state index contributed by atoms with van der Waals surface area (Å²) in [6.07, 6.45) is 2.81. The first-order valence-electron chi connectivity index (χ1n) is 14.8. The summed E-state index contributed by atoms with van der Waals surface area (Å²) in [6.45, 7) is 6.53. The van der Waals surface area contributed by atoms with Crippen LogP contribution in [0.2, 0.25) is 0 Å². The molecule has 0 saturated heterocycles. The van der Waals surface area contributed by atoms with Crippen LogP contribution in [0.1, 0.15) is 54.0 Å². The summed E-state index contributed by atoms with van der Waals surface area (Å²) in [7, 11) is -4.16. The maximum absolute atomic E-state index is 13.1. The van der Waals surface area contributed by atoms with Crippen molar-refractivity contribution in [2.45, 2.75) is 51.5 Å². The average molecular weight is 626 g/mol. The minimum absolute atomic E-state index is 0.0195. The number of nitrogens with one attached hydrogen (secondary N) is 2. The van der Waals surface area contributed by atoms with Crippen molar-refractivity contribution in [2.24, 2.45) is 0 Å². The Bertz CT molecular complexity index is 1940. The van der Waals surface area contributed by atoms with Gasteiger partial charge in [-0.05, 0) is 42.7 Å². The number of aryl methyl sites for hydroxylation is 2. The molecule has 2 heterocycles. The zero-order chi connectivity index (χ0) is 32.0. The molecule has 2 aromatic heterocycles. The number of unbranched alkanes of at least 4 members (excludes halogenated alkanes) is 1. The number of carbonyl (C=O) groups is 2. The van der Waals surface area contributed by atoms with Crippen molar-refractivity contribution in [3.63, 3.8) is 0 Å². The molecule has 0 spiro atoms. The molecule has 2 N–H and O–H groups in total. The number of ether oxygens (including phenoxy) is 1. The van der Waals surface area contributed by atoms with Gasteiger partial charge in [0.1, 0.15) is 11.3 Å². The number of carbonyl (C=O) groups excluding carboxylic acids is 2. The smallest absolute Gasteiger partial charge is 0.421 e. The fraction of sp³-hybridized carbons (Fsp3) is 0.235. The molecular formula is C34H35N5O5S. The Kier molecular flexibility index (Phi) is 9.58. The Labute approximate surface area is 262 Å². The lowest BCUT2D eigenvalue weighted by Crippen LogP contribution is -2.31. The van der Waals surface area contributed by atoms with E-state index >= 15 is 0 Å². The molecule has 0 aliphatic heterocycles. The molecule has 3 aromatic carbocycles. The molecule has 5 rings (SSSR count). The Morgan fingerprint density at radius 2 is 1.64 bits per heavy atom. The summed E-state index contributed by atoms with van der Waals surface area (Å²) in [5.41, 5.74) is 5.52. The van der Waals surface area contributed by atoms with Crippen molar-refractivity contribution in [2.75, 3.05) is 11.9 Å². The maximum atomic E-state index is 13.1. The van der Waals surface area contributed by atoms with Crippen LogP contribution in [0, 0.1) is 6.92 Å². The van der Waals surface area contributed by atoms with Crippen molar-refractivity contribution in [3.05, 3.63) is 108 Å². The Balaban J connectivity index is 1.38. The fourth-order valence-electron chi connectivity index (χ4n) is 4.98. The highest BCUT2D eigenvalue weighted by molar-refractivity contribution is 7.90. The molecule has 0 aliphatic rings. The first kappa shape index (κ1) is 31.4. The van der Waals surface area contributed by atoms with Gasteiger partial charge in [0.2, 0.25) is 0 Å². The van der Waals surface area contributed by atoms with E-state index < -0.39 is 16.1 Å². The predicted molar refractivity (Wildman–Crippen MR) is 174 cm³/mol. The average Bonchev–Trinajstić information content (AvgIpc) is 3.41. The van der Waals surface area contributed by atoms with Crippen molar-refractivity contribution < 1.29 is 22.7 Å². The fourth-order valence-corrected chi connectivity index (χ4v) is 6.10. The van der Waals surface area contributed by atoms with Crippen molar-refractivity contribution in [3.8, 4) is 11.1 Å². The van der Waals surface area contributed by atoms with Gasteiger partial charge < -0.3 is 14.6 Å². The lowest BCUT2D eigenvalue weighted by atomic mass is 10.0. The minimum atomic E-state index is -4.16. The molecule has 0 saturated carbocycles. The second-order valence-electron chi connectivity index (χ2n) is 10.5. The van der Waals surface area contributed by atoms with Crippen LogP contribution in [0.15, 0.2) is 90.0 Å². The lowest BCUT2D eigenvalue weighted by molar-refractivity contribution is 0.102. The van der Waals surface area contributed by atoms with Gasteiger partial charge in [-0.2, -0.15) is 0 Å². The van der Waals surface area contributed by atoms with Crippen molar-refractivity contribution >= 4 is 38.9 Å². The number of anilines is 1. The summed E-state index contributed by atoms with van der Waals surface area (Å²) >= 11 is 0. The standard InChI is InChI=1S/C34H35N5O5S/c1-4-6-20-44-34(41)38-45(42,43)29-15-11-10-14-27(29)25-18-16-24(17-19-25)22-39-30(5-2)37-31-23(3)28(21-35-32(31)39)36-33(40)26-12-8-7-9-13-26/h7-19,21H,4-6,20,22H2,1-3H3,(H,36,40)(H,38,41). The number of hydrogen-bond donors (Lipinski definition) is 2. The number of aromatic nitrogens is 3. The number of imidazole rings is 1. The number of pyridine rings is 1. The molecule has 0 bridgehead atoms. The normalized spacial score (nSPS) is 11.4. The molecule has 5 aromatic rings. The van der Waals surface area contributed by atoms with E-state index in [4.69, 9.17) is 9.72 Å². The SMILES string of the molecule is CCCCOC(=O)NS(=O)(=O)c1ccccc1-c1ccc(Cn2c(CC)nc3c(C)c(NC(=O)c4ccccc4)cnc32)cc1. The van der Waals surface area contributed by atoms with Crippen molar-refractivity contribution in [1.82, 2.24) is 19.3 Å². The van der Waals surface area contributed by atoms with E-state index in [1.54, 1.807) is 36.5 Å². The highest BCUT2D eigenvalue weighted by Crippen LogP contribution is 2.29. The zero-order valence-corrected chi connectivity index (χ0v) is 26.2. The molecule has 0 aliphatic carbocycles. The van der Waals surface area contributed by atoms with E-state index in [1.807, 2.05) is 72.5 Å². The van der Waals surface area contributed by atoms with Gasteiger partial charge in [0.05, 0.1) is 29.9 Å². The Morgan fingerprint density at radius 3 is 2.36 bits per heavy atom. The molecule has 11 heteroatoms. The van der Waals surface area contributed by atoms with E-state index in [9.17, 15) is 18.0 Å². The van der Waals surface area contributed by atoms with Gasteiger partial charge >= 0.3 is 6.09 Å². The third kappa shape index (κ3) is 7.04. The summed E-state index contributed by atoms with van der Waals surface area (Å²) < 4.78 is 35.2. The number of hydrogen-bond acceptors (Lipinski definition) is 7. The molecule has 0 atom stereocenters. The van der Waals surface area contributed by atoms with Gasteiger partial charge in [-0.15, -0.1) is 0 Å². The van der Waals surface area contributed by atoms with E-state index in [-0.39, 0.29) is 17.4 Å². The predicted octanol–water partition coefficient (Wildman–Crippen LogP) is 6.48. The topological polar surface area (TPSA) is 132 Å².